The van der Waals surface area contributed by atoms with Crippen LogP contribution in [0.25, 0.3) is 0 Å². The van der Waals surface area contributed by atoms with Crippen LogP contribution in [0.15, 0.2) is 24.3 Å². The maximum atomic E-state index is 12.2. The van der Waals surface area contributed by atoms with Crippen molar-refractivity contribution in [2.75, 3.05) is 11.9 Å². The molecule has 1 atom stereocenters. The Balaban J connectivity index is 2.68. The Morgan fingerprint density at radius 2 is 1.95 bits per heavy atom. The van der Waals surface area contributed by atoms with Crippen molar-refractivity contribution in [3.8, 4) is 5.75 Å². The largest absolute Gasteiger partial charge is 0.482 e. The number of carbonyl (C=O) groups is 1. The molecule has 0 fully saturated rings. The third-order valence-electron chi connectivity index (χ3n) is 2.83. The lowest BCUT2D eigenvalue weighted by Crippen LogP contribution is -2.31. The number of amides is 1. The lowest BCUT2D eigenvalue weighted by molar-refractivity contribution is -0.153. The zero-order valence-electron chi connectivity index (χ0n) is 11.9. The standard InChI is InChI=1S/C14H19F3N2O2/c1-9(2)10(18)7-13(20)19-11-5-3-4-6-12(11)21-8-14(15,16)17/h3-6,9-10H,7-8,18H2,1-2H3,(H,19,20). The highest BCUT2D eigenvalue weighted by Crippen LogP contribution is 2.26. The number of hydrogen-bond acceptors (Lipinski definition) is 3. The van der Waals surface area contributed by atoms with Crippen molar-refractivity contribution in [3.05, 3.63) is 24.3 Å². The number of carbonyl (C=O) groups excluding carboxylic acids is 1. The average molecular weight is 304 g/mol. The monoisotopic (exact) mass is 304 g/mol. The van der Waals surface area contributed by atoms with E-state index in [4.69, 9.17) is 5.73 Å². The molecule has 0 saturated heterocycles. The second-order valence-electron chi connectivity index (χ2n) is 5.06. The molecule has 0 aromatic heterocycles. The maximum Gasteiger partial charge on any atom is 0.422 e. The first-order valence-electron chi connectivity index (χ1n) is 6.53. The average Bonchev–Trinajstić information content (AvgIpc) is 2.36. The molecule has 0 saturated carbocycles. The molecule has 0 aliphatic carbocycles. The Kier molecular flexibility index (Phi) is 6.02. The molecule has 1 aromatic carbocycles. The van der Waals surface area contributed by atoms with Gasteiger partial charge in [-0.2, -0.15) is 13.2 Å². The number of para-hydroxylation sites is 2. The van der Waals surface area contributed by atoms with Crippen molar-refractivity contribution in [2.24, 2.45) is 11.7 Å². The molecule has 1 unspecified atom stereocenters. The maximum absolute atomic E-state index is 12.2. The quantitative estimate of drug-likeness (QED) is 0.849. The Morgan fingerprint density at radius 3 is 2.52 bits per heavy atom. The molecular formula is C14H19F3N2O2. The van der Waals surface area contributed by atoms with E-state index in [9.17, 15) is 18.0 Å². The molecule has 21 heavy (non-hydrogen) atoms. The van der Waals surface area contributed by atoms with Gasteiger partial charge < -0.3 is 15.8 Å². The summed E-state index contributed by atoms with van der Waals surface area (Å²) in [4.78, 5) is 11.8. The van der Waals surface area contributed by atoms with Gasteiger partial charge in [-0.25, -0.2) is 0 Å². The molecule has 0 radical (unpaired) electrons. The van der Waals surface area contributed by atoms with E-state index in [1.54, 1.807) is 6.07 Å². The number of nitrogens with two attached hydrogens (primary N) is 1. The SMILES string of the molecule is CC(C)C(N)CC(=O)Nc1ccccc1OCC(F)(F)F. The summed E-state index contributed by atoms with van der Waals surface area (Å²) in [6, 6.07) is 5.65. The van der Waals surface area contributed by atoms with Crippen molar-refractivity contribution in [1.29, 1.82) is 0 Å². The predicted molar refractivity (Wildman–Crippen MR) is 74.1 cm³/mol. The van der Waals surface area contributed by atoms with Gasteiger partial charge in [0.25, 0.3) is 0 Å². The van der Waals surface area contributed by atoms with E-state index >= 15 is 0 Å². The molecule has 1 aromatic rings. The zero-order valence-corrected chi connectivity index (χ0v) is 11.9. The van der Waals surface area contributed by atoms with Gasteiger partial charge in [0.15, 0.2) is 6.61 Å². The van der Waals surface area contributed by atoms with E-state index in [0.29, 0.717) is 0 Å². The molecule has 4 nitrogen and oxygen atoms in total. The smallest absolute Gasteiger partial charge is 0.422 e. The summed E-state index contributed by atoms with van der Waals surface area (Å²) in [6.07, 6.45) is -4.34. The Hall–Kier alpha value is -1.76. The van der Waals surface area contributed by atoms with Crippen LogP contribution in [0.4, 0.5) is 18.9 Å². The highest BCUT2D eigenvalue weighted by Gasteiger charge is 2.28. The van der Waals surface area contributed by atoms with Crippen LogP contribution in [0.1, 0.15) is 20.3 Å². The molecule has 0 aliphatic heterocycles. The van der Waals surface area contributed by atoms with Gasteiger partial charge in [-0.15, -0.1) is 0 Å². The molecular weight excluding hydrogens is 285 g/mol. The second kappa shape index (κ2) is 7.31. The van der Waals surface area contributed by atoms with Gasteiger partial charge >= 0.3 is 6.18 Å². The summed E-state index contributed by atoms with van der Waals surface area (Å²) < 4.78 is 41.2. The molecule has 1 rings (SSSR count). The third-order valence-corrected chi connectivity index (χ3v) is 2.83. The Bertz CT molecular complexity index is 476. The van der Waals surface area contributed by atoms with Crippen LogP contribution in [0, 0.1) is 5.92 Å². The molecule has 118 valence electrons. The van der Waals surface area contributed by atoms with Gasteiger partial charge in [-0.1, -0.05) is 26.0 Å². The molecule has 3 N–H and O–H groups in total. The summed E-state index contributed by atoms with van der Waals surface area (Å²) in [7, 11) is 0. The van der Waals surface area contributed by atoms with Gasteiger partial charge in [0.2, 0.25) is 5.91 Å². The summed E-state index contributed by atoms with van der Waals surface area (Å²) >= 11 is 0. The first kappa shape index (κ1) is 17.3. The number of halogens is 3. The van der Waals surface area contributed by atoms with Crippen LogP contribution in [0.2, 0.25) is 0 Å². The highest BCUT2D eigenvalue weighted by atomic mass is 19.4. The number of rotatable bonds is 6. The van der Waals surface area contributed by atoms with Crippen LogP contribution in [-0.4, -0.2) is 24.7 Å². The fourth-order valence-electron chi connectivity index (χ4n) is 1.51. The van der Waals surface area contributed by atoms with E-state index in [-0.39, 0.29) is 35.7 Å². The van der Waals surface area contributed by atoms with Gasteiger partial charge in [0, 0.05) is 12.5 Å². The Morgan fingerprint density at radius 1 is 1.33 bits per heavy atom. The van der Waals surface area contributed by atoms with Crippen molar-refractivity contribution >= 4 is 11.6 Å². The number of nitrogens with one attached hydrogen (secondary N) is 1. The van der Waals surface area contributed by atoms with Crippen molar-refractivity contribution in [2.45, 2.75) is 32.5 Å². The topological polar surface area (TPSA) is 64.4 Å². The molecule has 0 heterocycles. The van der Waals surface area contributed by atoms with Crippen molar-refractivity contribution in [1.82, 2.24) is 0 Å². The summed E-state index contributed by atoms with van der Waals surface area (Å²) in [5.41, 5.74) is 5.98. The summed E-state index contributed by atoms with van der Waals surface area (Å²) in [5.74, 6) is -0.256. The molecule has 1 amide bonds. The minimum Gasteiger partial charge on any atom is -0.482 e. The van der Waals surface area contributed by atoms with Gasteiger partial charge in [-0.05, 0) is 18.1 Å². The van der Waals surface area contributed by atoms with Crippen LogP contribution in [0.5, 0.6) is 5.75 Å². The van der Waals surface area contributed by atoms with E-state index in [1.165, 1.54) is 18.2 Å². The van der Waals surface area contributed by atoms with Crippen molar-refractivity contribution in [3.63, 3.8) is 0 Å². The van der Waals surface area contributed by atoms with Crippen molar-refractivity contribution < 1.29 is 22.7 Å². The predicted octanol–water partition coefficient (Wildman–Crippen LogP) is 2.94. The Labute approximate surface area is 121 Å². The fourth-order valence-corrected chi connectivity index (χ4v) is 1.51. The zero-order chi connectivity index (χ0) is 16.0. The second-order valence-corrected chi connectivity index (χ2v) is 5.06. The molecule has 0 spiro atoms. The third kappa shape index (κ3) is 6.48. The number of alkyl halides is 3. The van der Waals surface area contributed by atoms with E-state index in [0.717, 1.165) is 0 Å². The number of anilines is 1. The van der Waals surface area contributed by atoms with Crippen LogP contribution in [0.3, 0.4) is 0 Å². The number of hydrogen-bond donors (Lipinski definition) is 2. The molecule has 7 heteroatoms. The summed E-state index contributed by atoms with van der Waals surface area (Å²) in [6.45, 7) is 2.36. The number of benzene rings is 1. The fraction of sp³-hybridized carbons (Fsp3) is 0.500. The molecule has 0 bridgehead atoms. The van der Waals surface area contributed by atoms with Crippen LogP contribution < -0.4 is 15.8 Å². The highest BCUT2D eigenvalue weighted by molar-refractivity contribution is 5.92. The summed E-state index contributed by atoms with van der Waals surface area (Å²) in [5, 5.41) is 2.52. The van der Waals surface area contributed by atoms with E-state index < -0.39 is 12.8 Å². The lowest BCUT2D eigenvalue weighted by atomic mass is 10.0. The van der Waals surface area contributed by atoms with Gasteiger partial charge in [0.1, 0.15) is 5.75 Å². The van der Waals surface area contributed by atoms with Crippen LogP contribution in [-0.2, 0) is 4.79 Å². The van der Waals surface area contributed by atoms with E-state index in [1.807, 2.05) is 13.8 Å². The minimum atomic E-state index is -4.43. The van der Waals surface area contributed by atoms with Crippen LogP contribution >= 0.6 is 0 Å². The first-order valence-corrected chi connectivity index (χ1v) is 6.53. The van der Waals surface area contributed by atoms with Gasteiger partial charge in [0.05, 0.1) is 5.69 Å². The first-order chi connectivity index (χ1) is 9.69. The lowest BCUT2D eigenvalue weighted by Gasteiger charge is -2.17. The van der Waals surface area contributed by atoms with Gasteiger partial charge in [-0.3, -0.25) is 4.79 Å². The van der Waals surface area contributed by atoms with E-state index in [2.05, 4.69) is 10.1 Å². The number of ether oxygens (including phenoxy) is 1. The molecule has 0 aliphatic rings. The normalized spacial score (nSPS) is 13.1. The minimum absolute atomic E-state index is 0.0266.